The molecule has 0 aromatic carbocycles. The minimum Gasteiger partial charge on any atom is -0.354 e. The first-order valence-corrected chi connectivity index (χ1v) is 8.35. The molecule has 1 saturated heterocycles. The van der Waals surface area contributed by atoms with Gasteiger partial charge in [0.15, 0.2) is 11.6 Å². The lowest BCUT2D eigenvalue weighted by atomic mass is 9.96. The average molecular weight is 344 g/mol. The number of hydrogen-bond donors (Lipinski definition) is 1. The molecule has 0 radical (unpaired) electrons. The van der Waals surface area contributed by atoms with Crippen molar-refractivity contribution in [1.82, 2.24) is 14.9 Å². The molecular formula is C18H21FN4O2. The van der Waals surface area contributed by atoms with Crippen molar-refractivity contribution in [3.05, 3.63) is 58.4 Å². The predicted octanol–water partition coefficient (Wildman–Crippen LogP) is 1.57. The molecule has 1 fully saturated rings. The summed E-state index contributed by atoms with van der Waals surface area (Å²) in [6.07, 6.45) is 4.88. The van der Waals surface area contributed by atoms with Crippen LogP contribution in [-0.4, -0.2) is 35.1 Å². The Bertz CT molecular complexity index is 813. The molecule has 1 aliphatic rings. The zero-order chi connectivity index (χ0) is 17.8. The Morgan fingerprint density at radius 3 is 2.80 bits per heavy atom. The second-order valence-electron chi connectivity index (χ2n) is 6.29. The van der Waals surface area contributed by atoms with E-state index in [1.165, 1.54) is 16.7 Å². The summed E-state index contributed by atoms with van der Waals surface area (Å²) in [6.45, 7) is 1.90. The number of carbonyl (C=O) groups is 1. The number of nitrogens with one attached hydrogen (secondary N) is 1. The van der Waals surface area contributed by atoms with E-state index < -0.39 is 0 Å². The molecule has 25 heavy (non-hydrogen) atoms. The van der Waals surface area contributed by atoms with E-state index >= 15 is 0 Å². The second-order valence-corrected chi connectivity index (χ2v) is 6.29. The third-order valence-corrected chi connectivity index (χ3v) is 4.57. The number of pyridine rings is 2. The molecule has 3 rings (SSSR count). The summed E-state index contributed by atoms with van der Waals surface area (Å²) in [7, 11) is 1.62. The van der Waals surface area contributed by atoms with Gasteiger partial charge in [0.25, 0.3) is 11.5 Å². The third-order valence-electron chi connectivity index (χ3n) is 4.57. The molecule has 6 nitrogen and oxygen atoms in total. The number of nitrogens with zero attached hydrogens (tertiary/aromatic N) is 3. The van der Waals surface area contributed by atoms with Crippen LogP contribution in [0.1, 0.15) is 23.2 Å². The van der Waals surface area contributed by atoms with Crippen molar-refractivity contribution in [2.24, 2.45) is 13.0 Å². The van der Waals surface area contributed by atoms with Gasteiger partial charge in [-0.2, -0.15) is 0 Å². The van der Waals surface area contributed by atoms with Gasteiger partial charge >= 0.3 is 0 Å². The van der Waals surface area contributed by atoms with Crippen molar-refractivity contribution < 1.29 is 9.18 Å². The van der Waals surface area contributed by atoms with Crippen LogP contribution in [0.2, 0.25) is 0 Å². The highest BCUT2D eigenvalue weighted by atomic mass is 19.1. The van der Waals surface area contributed by atoms with Gasteiger partial charge in [0.2, 0.25) is 0 Å². The number of hydrogen-bond acceptors (Lipinski definition) is 4. The highest BCUT2D eigenvalue weighted by molar-refractivity contribution is 5.93. The van der Waals surface area contributed by atoms with Gasteiger partial charge in [0.05, 0.1) is 0 Å². The highest BCUT2D eigenvalue weighted by Gasteiger charge is 2.22. The van der Waals surface area contributed by atoms with Gasteiger partial charge in [0.1, 0.15) is 5.56 Å². The molecule has 0 saturated carbocycles. The largest absolute Gasteiger partial charge is 0.354 e. The number of aromatic nitrogens is 2. The Hall–Kier alpha value is -2.70. The molecule has 7 heteroatoms. The summed E-state index contributed by atoms with van der Waals surface area (Å²) in [5.74, 6) is 0.0332. The van der Waals surface area contributed by atoms with Gasteiger partial charge in [-0.15, -0.1) is 0 Å². The summed E-state index contributed by atoms with van der Waals surface area (Å²) >= 11 is 0. The molecule has 0 bridgehead atoms. The molecule has 0 aliphatic carbocycles. The van der Waals surface area contributed by atoms with E-state index in [4.69, 9.17) is 0 Å². The maximum Gasteiger partial charge on any atom is 0.263 e. The molecule has 1 amide bonds. The summed E-state index contributed by atoms with van der Waals surface area (Å²) in [6, 6.07) is 6.20. The zero-order valence-corrected chi connectivity index (χ0v) is 14.1. The molecule has 0 atom stereocenters. The Kier molecular flexibility index (Phi) is 5.11. The third kappa shape index (κ3) is 3.87. The fourth-order valence-corrected chi connectivity index (χ4v) is 3.06. The molecule has 3 heterocycles. The highest BCUT2D eigenvalue weighted by Crippen LogP contribution is 2.23. The number of aryl methyl sites for hydroxylation is 1. The zero-order valence-electron chi connectivity index (χ0n) is 14.1. The number of rotatable bonds is 4. The van der Waals surface area contributed by atoms with Gasteiger partial charge < -0.3 is 14.8 Å². The van der Waals surface area contributed by atoms with Crippen molar-refractivity contribution in [1.29, 1.82) is 0 Å². The van der Waals surface area contributed by atoms with Crippen LogP contribution in [0.3, 0.4) is 0 Å². The van der Waals surface area contributed by atoms with Gasteiger partial charge in [-0.3, -0.25) is 9.59 Å². The lowest BCUT2D eigenvalue weighted by molar-refractivity contribution is 0.0943. The van der Waals surface area contributed by atoms with Crippen LogP contribution in [0.4, 0.5) is 10.2 Å². The quantitative estimate of drug-likeness (QED) is 0.914. The molecule has 0 spiro atoms. The average Bonchev–Trinajstić information content (AvgIpc) is 2.63. The number of carbonyl (C=O) groups excluding carboxylic acids is 1. The van der Waals surface area contributed by atoms with Crippen molar-refractivity contribution in [2.45, 2.75) is 12.8 Å². The van der Waals surface area contributed by atoms with E-state index in [9.17, 15) is 14.0 Å². The molecule has 1 N–H and O–H groups in total. The Balaban J connectivity index is 1.53. The van der Waals surface area contributed by atoms with Gasteiger partial charge in [-0.1, -0.05) is 0 Å². The fourth-order valence-electron chi connectivity index (χ4n) is 3.06. The normalized spacial score (nSPS) is 15.2. The summed E-state index contributed by atoms with van der Waals surface area (Å²) in [4.78, 5) is 30.2. The SMILES string of the molecule is Cn1cccc(C(=O)NCC2CCN(c3ncccc3F)CC2)c1=O. The first-order valence-electron chi connectivity index (χ1n) is 8.35. The van der Waals surface area contributed by atoms with Crippen LogP contribution in [0.5, 0.6) is 0 Å². The first kappa shape index (κ1) is 17.1. The van der Waals surface area contributed by atoms with Crippen LogP contribution in [0, 0.1) is 11.7 Å². The number of amides is 1. The topological polar surface area (TPSA) is 67.2 Å². The monoisotopic (exact) mass is 344 g/mol. The molecule has 0 unspecified atom stereocenters. The molecular weight excluding hydrogens is 323 g/mol. The van der Waals surface area contributed by atoms with Crippen LogP contribution in [0.15, 0.2) is 41.5 Å². The Morgan fingerprint density at radius 1 is 1.32 bits per heavy atom. The molecule has 2 aromatic heterocycles. The standard InChI is InChI=1S/C18H21FN4O2/c1-22-9-3-4-14(18(22)25)17(24)21-12-13-6-10-23(11-7-13)16-15(19)5-2-8-20-16/h2-5,8-9,13H,6-7,10-12H2,1H3,(H,21,24). The van der Waals surface area contributed by atoms with E-state index in [0.29, 0.717) is 31.4 Å². The molecule has 1 aliphatic heterocycles. The summed E-state index contributed by atoms with van der Waals surface area (Å²) < 4.78 is 15.2. The minimum absolute atomic E-state index is 0.151. The maximum absolute atomic E-state index is 13.8. The van der Waals surface area contributed by atoms with Crippen molar-refractivity contribution in [3.63, 3.8) is 0 Å². The number of anilines is 1. The maximum atomic E-state index is 13.8. The smallest absolute Gasteiger partial charge is 0.263 e. The lowest BCUT2D eigenvalue weighted by Crippen LogP contribution is -2.40. The van der Waals surface area contributed by atoms with Crippen molar-refractivity contribution in [2.75, 3.05) is 24.5 Å². The van der Waals surface area contributed by atoms with E-state index in [2.05, 4.69) is 10.3 Å². The summed E-state index contributed by atoms with van der Waals surface area (Å²) in [5, 5.41) is 2.84. The Morgan fingerprint density at radius 2 is 2.08 bits per heavy atom. The van der Waals surface area contributed by atoms with Crippen LogP contribution in [0.25, 0.3) is 0 Å². The van der Waals surface area contributed by atoms with E-state index in [-0.39, 0.29) is 22.8 Å². The van der Waals surface area contributed by atoms with E-state index in [0.717, 1.165) is 12.8 Å². The van der Waals surface area contributed by atoms with Gasteiger partial charge in [-0.05, 0) is 43.0 Å². The van der Waals surface area contributed by atoms with Crippen molar-refractivity contribution >= 4 is 11.7 Å². The molecule has 2 aromatic rings. The van der Waals surface area contributed by atoms with E-state index in [1.54, 1.807) is 31.6 Å². The Labute approximate surface area is 145 Å². The predicted molar refractivity (Wildman–Crippen MR) is 93.1 cm³/mol. The van der Waals surface area contributed by atoms with Crippen LogP contribution >= 0.6 is 0 Å². The van der Waals surface area contributed by atoms with E-state index in [1.807, 2.05) is 4.90 Å². The van der Waals surface area contributed by atoms with Gasteiger partial charge in [-0.25, -0.2) is 9.37 Å². The fraction of sp³-hybridized carbons (Fsp3) is 0.389. The minimum atomic E-state index is -0.348. The van der Waals surface area contributed by atoms with Crippen LogP contribution < -0.4 is 15.8 Å². The lowest BCUT2D eigenvalue weighted by Gasteiger charge is -2.32. The van der Waals surface area contributed by atoms with Gasteiger partial charge in [0, 0.05) is 39.1 Å². The number of halogens is 1. The summed E-state index contributed by atoms with van der Waals surface area (Å²) in [5.41, 5.74) is -0.154. The van der Waals surface area contributed by atoms with Crippen molar-refractivity contribution in [3.8, 4) is 0 Å². The molecule has 132 valence electrons. The van der Waals surface area contributed by atoms with Crippen LogP contribution in [-0.2, 0) is 7.05 Å². The second kappa shape index (κ2) is 7.46. The first-order chi connectivity index (χ1) is 12.1. The number of piperidine rings is 1.